The molecule has 0 N–H and O–H groups in total. The number of benzene rings is 2. The minimum absolute atomic E-state index is 0.155. The van der Waals surface area contributed by atoms with Gasteiger partial charge in [0, 0.05) is 38.8 Å². The molecule has 3 aromatic rings. The van der Waals surface area contributed by atoms with E-state index in [1.807, 2.05) is 30.3 Å². The number of methoxy groups -OCH3 is 1. The van der Waals surface area contributed by atoms with Crippen molar-refractivity contribution in [1.29, 1.82) is 0 Å². The highest BCUT2D eigenvalue weighted by atomic mass is 16.5. The first kappa shape index (κ1) is 21.4. The molecule has 0 fully saturated rings. The number of aromatic nitrogens is 2. The number of carbonyl (C=O) groups excluding carboxylic acids is 2. The molecule has 0 saturated heterocycles. The van der Waals surface area contributed by atoms with Crippen LogP contribution in [-0.4, -0.2) is 53.9 Å². The van der Waals surface area contributed by atoms with Gasteiger partial charge >= 0.3 is 5.97 Å². The van der Waals surface area contributed by atoms with Crippen LogP contribution in [0.25, 0.3) is 11.3 Å². The molecule has 1 aliphatic heterocycles. The Kier molecular flexibility index (Phi) is 6.11. The van der Waals surface area contributed by atoms with Gasteiger partial charge in [0.2, 0.25) is 0 Å². The van der Waals surface area contributed by atoms with Crippen LogP contribution in [0, 0.1) is 0 Å². The fraction of sp³-hybridized carbons (Fsp3) is 0.292. The number of aryl methyl sites for hydroxylation is 1. The number of carbonyl (C=O) groups is 2. The zero-order valence-corrected chi connectivity index (χ0v) is 18.3. The van der Waals surface area contributed by atoms with E-state index in [1.165, 1.54) is 7.11 Å². The van der Waals surface area contributed by atoms with Crippen molar-refractivity contribution < 1.29 is 23.8 Å². The van der Waals surface area contributed by atoms with Crippen LogP contribution in [-0.2, 0) is 18.3 Å². The van der Waals surface area contributed by atoms with Crippen molar-refractivity contribution >= 4 is 11.9 Å². The van der Waals surface area contributed by atoms with Crippen LogP contribution in [0.3, 0.4) is 0 Å². The molecular weight excluding hydrogens is 410 g/mol. The van der Waals surface area contributed by atoms with Gasteiger partial charge in [-0.05, 0) is 35.9 Å². The van der Waals surface area contributed by atoms with Gasteiger partial charge < -0.3 is 19.1 Å². The second-order valence-electron chi connectivity index (χ2n) is 7.63. The highest BCUT2D eigenvalue weighted by Gasteiger charge is 2.22. The Morgan fingerprint density at radius 2 is 1.81 bits per heavy atom. The zero-order chi connectivity index (χ0) is 22.7. The van der Waals surface area contributed by atoms with Crippen molar-refractivity contribution in [2.75, 3.05) is 27.4 Å². The second kappa shape index (κ2) is 9.13. The predicted octanol–water partition coefficient (Wildman–Crippen LogP) is 3.31. The third kappa shape index (κ3) is 4.44. The normalized spacial score (nSPS) is 12.7. The van der Waals surface area contributed by atoms with E-state index in [0.29, 0.717) is 48.1 Å². The van der Waals surface area contributed by atoms with Gasteiger partial charge in [0.05, 0.1) is 31.5 Å². The summed E-state index contributed by atoms with van der Waals surface area (Å²) in [7, 11) is 4.87. The van der Waals surface area contributed by atoms with E-state index < -0.39 is 5.97 Å². The molecule has 0 saturated carbocycles. The molecular formula is C24H25N3O5. The fourth-order valence-corrected chi connectivity index (χ4v) is 3.58. The summed E-state index contributed by atoms with van der Waals surface area (Å²) in [4.78, 5) is 26.5. The molecule has 2 aromatic carbocycles. The minimum atomic E-state index is -0.392. The fourth-order valence-electron chi connectivity index (χ4n) is 3.58. The smallest absolute Gasteiger partial charge is 0.337 e. The summed E-state index contributed by atoms with van der Waals surface area (Å²) in [5.41, 5.74) is 3.23. The highest BCUT2D eigenvalue weighted by Crippen LogP contribution is 2.35. The van der Waals surface area contributed by atoms with E-state index in [2.05, 4.69) is 5.10 Å². The van der Waals surface area contributed by atoms with E-state index in [0.717, 1.165) is 17.5 Å². The molecule has 2 heterocycles. The summed E-state index contributed by atoms with van der Waals surface area (Å²) in [6, 6.07) is 12.6. The topological polar surface area (TPSA) is 82.9 Å². The van der Waals surface area contributed by atoms with Gasteiger partial charge in [0.25, 0.3) is 5.91 Å². The van der Waals surface area contributed by atoms with E-state index >= 15 is 0 Å². The lowest BCUT2D eigenvalue weighted by Gasteiger charge is -2.17. The van der Waals surface area contributed by atoms with Gasteiger partial charge in [-0.3, -0.25) is 9.48 Å². The maximum Gasteiger partial charge on any atom is 0.337 e. The molecule has 4 rings (SSSR count). The Morgan fingerprint density at radius 3 is 2.53 bits per heavy atom. The third-order valence-electron chi connectivity index (χ3n) is 5.22. The van der Waals surface area contributed by atoms with E-state index in [-0.39, 0.29) is 5.91 Å². The van der Waals surface area contributed by atoms with Crippen LogP contribution in [0.2, 0.25) is 0 Å². The summed E-state index contributed by atoms with van der Waals surface area (Å²) in [6.45, 7) is 1.59. The SMILES string of the molecule is COC(=O)c1ccc(CN(C)C(=O)c2cn(C)nc2-c2ccc3c(c2)OCCCO3)cc1. The number of fused-ring (bicyclic) bond motifs is 1. The number of rotatable bonds is 5. The third-order valence-corrected chi connectivity index (χ3v) is 5.22. The Bertz CT molecular complexity index is 1140. The van der Waals surface area contributed by atoms with Gasteiger partial charge in [0.15, 0.2) is 11.5 Å². The van der Waals surface area contributed by atoms with Crippen molar-refractivity contribution in [2.45, 2.75) is 13.0 Å². The number of hydrogen-bond donors (Lipinski definition) is 0. The number of amides is 1. The molecule has 0 atom stereocenters. The van der Waals surface area contributed by atoms with Crippen LogP contribution in [0.1, 0.15) is 32.7 Å². The first-order chi connectivity index (χ1) is 15.5. The van der Waals surface area contributed by atoms with E-state index in [4.69, 9.17) is 14.2 Å². The van der Waals surface area contributed by atoms with Crippen LogP contribution < -0.4 is 9.47 Å². The summed E-state index contributed by atoms with van der Waals surface area (Å²) in [6.07, 6.45) is 2.54. The van der Waals surface area contributed by atoms with Crippen LogP contribution in [0.4, 0.5) is 0 Å². The molecule has 0 radical (unpaired) electrons. The minimum Gasteiger partial charge on any atom is -0.490 e. The molecule has 8 nitrogen and oxygen atoms in total. The molecule has 0 aliphatic carbocycles. The van der Waals surface area contributed by atoms with E-state index in [9.17, 15) is 9.59 Å². The molecule has 0 spiro atoms. The van der Waals surface area contributed by atoms with Crippen molar-refractivity contribution in [2.24, 2.45) is 7.05 Å². The summed E-state index contributed by atoms with van der Waals surface area (Å²) in [5, 5.41) is 4.53. The van der Waals surface area contributed by atoms with Crippen LogP contribution in [0.15, 0.2) is 48.7 Å². The van der Waals surface area contributed by atoms with Crippen LogP contribution in [0.5, 0.6) is 11.5 Å². The van der Waals surface area contributed by atoms with Crippen molar-refractivity contribution in [3.05, 3.63) is 65.4 Å². The summed E-state index contributed by atoms with van der Waals surface area (Å²) >= 11 is 0. The standard InChI is InChI=1S/C24H25N3O5/c1-26(14-16-5-7-17(8-6-16)24(29)30-3)23(28)19-15-27(2)25-22(19)18-9-10-20-21(13-18)32-12-4-11-31-20/h5-10,13,15H,4,11-12,14H2,1-3H3. The average molecular weight is 435 g/mol. The molecule has 32 heavy (non-hydrogen) atoms. The summed E-state index contributed by atoms with van der Waals surface area (Å²) < 4.78 is 17.8. The molecule has 166 valence electrons. The number of esters is 1. The molecule has 1 amide bonds. The summed E-state index contributed by atoms with van der Waals surface area (Å²) in [5.74, 6) is 0.805. The van der Waals surface area contributed by atoms with E-state index in [1.54, 1.807) is 42.0 Å². The van der Waals surface area contributed by atoms with Gasteiger partial charge in [0.1, 0.15) is 5.69 Å². The molecule has 0 unspecified atom stereocenters. The van der Waals surface area contributed by atoms with Gasteiger partial charge in [-0.15, -0.1) is 0 Å². The largest absolute Gasteiger partial charge is 0.490 e. The monoisotopic (exact) mass is 435 g/mol. The van der Waals surface area contributed by atoms with Crippen LogP contribution >= 0.6 is 0 Å². The molecule has 1 aliphatic rings. The highest BCUT2D eigenvalue weighted by molar-refractivity contribution is 5.99. The van der Waals surface area contributed by atoms with Crippen molar-refractivity contribution in [3.8, 4) is 22.8 Å². The van der Waals surface area contributed by atoms with Gasteiger partial charge in [-0.1, -0.05) is 12.1 Å². The molecule has 8 heteroatoms. The molecule has 1 aromatic heterocycles. The lowest BCUT2D eigenvalue weighted by atomic mass is 10.1. The first-order valence-corrected chi connectivity index (χ1v) is 10.3. The lowest BCUT2D eigenvalue weighted by molar-refractivity contribution is 0.0600. The Labute approximate surface area is 186 Å². The Hall–Kier alpha value is -3.81. The van der Waals surface area contributed by atoms with Crippen molar-refractivity contribution in [1.82, 2.24) is 14.7 Å². The maximum absolute atomic E-state index is 13.3. The number of ether oxygens (including phenoxy) is 3. The number of nitrogens with zero attached hydrogens (tertiary/aromatic N) is 3. The zero-order valence-electron chi connectivity index (χ0n) is 18.3. The van der Waals surface area contributed by atoms with Gasteiger partial charge in [-0.2, -0.15) is 5.10 Å². The average Bonchev–Trinajstić information content (AvgIpc) is 3.04. The Morgan fingerprint density at radius 1 is 1.09 bits per heavy atom. The van der Waals surface area contributed by atoms with Gasteiger partial charge in [-0.25, -0.2) is 4.79 Å². The second-order valence-corrected chi connectivity index (χ2v) is 7.63. The maximum atomic E-state index is 13.3. The lowest BCUT2D eigenvalue weighted by Crippen LogP contribution is -2.26. The molecule has 0 bridgehead atoms. The first-order valence-electron chi connectivity index (χ1n) is 10.3. The number of hydrogen-bond acceptors (Lipinski definition) is 6. The quantitative estimate of drug-likeness (QED) is 0.572. The van der Waals surface area contributed by atoms with Crippen molar-refractivity contribution in [3.63, 3.8) is 0 Å². The predicted molar refractivity (Wildman–Crippen MR) is 118 cm³/mol. The Balaban J connectivity index is 1.56.